The van der Waals surface area contributed by atoms with Crippen LogP contribution in [0.3, 0.4) is 0 Å². The van der Waals surface area contributed by atoms with Crippen LogP contribution < -0.4 is 0 Å². The van der Waals surface area contributed by atoms with Gasteiger partial charge in [-0.25, -0.2) is 0 Å². The molecule has 0 unspecified atom stereocenters. The van der Waals surface area contributed by atoms with E-state index in [4.69, 9.17) is 19.8 Å². The molecule has 0 amide bonds. The molecular weight excluding hydrogens is 139 g/mol. The van der Waals surface area contributed by atoms with Crippen LogP contribution in [-0.2, 0) is 4.52 Å². The Hall–Kier alpha value is -0.420. The van der Waals surface area contributed by atoms with E-state index in [0.29, 0.717) is 0 Å². The van der Waals surface area contributed by atoms with Crippen molar-refractivity contribution in [3.8, 4) is 0 Å². The van der Waals surface area contributed by atoms with E-state index < -0.39 is 14.3 Å². The molecule has 0 aliphatic rings. The Morgan fingerprint density at radius 3 is 1.75 bits per heavy atom. The van der Waals surface area contributed by atoms with E-state index >= 15 is 0 Å². The Kier molecular flexibility index (Phi) is 2.12. The topological polar surface area (TPSA) is 107 Å². The summed E-state index contributed by atoms with van der Waals surface area (Å²) < 4.78 is 3.16. The predicted octanol–water partition coefficient (Wildman–Crippen LogP) is -0.932. The SMILES string of the molecule is O=C(O)O[PH](O)(O)O. The van der Waals surface area contributed by atoms with Crippen LogP contribution in [0, 0.1) is 0 Å². The number of hydrogen-bond donors (Lipinski definition) is 4. The molecule has 0 bridgehead atoms. The molecule has 0 heterocycles. The molecule has 0 spiro atoms. The first-order chi connectivity index (χ1) is 3.42. The van der Waals surface area contributed by atoms with Gasteiger partial charge in [-0.15, -0.1) is 0 Å². The Labute approximate surface area is 44.6 Å². The average Bonchev–Trinajstić information content (AvgIpc) is 1.21. The average molecular weight is 144 g/mol. The zero-order valence-electron chi connectivity index (χ0n) is 3.61. The summed E-state index contributed by atoms with van der Waals surface area (Å²) in [5.41, 5.74) is 0. The zero-order chi connectivity index (χ0) is 6.78. The van der Waals surface area contributed by atoms with Gasteiger partial charge in [0.25, 0.3) is 0 Å². The summed E-state index contributed by atoms with van der Waals surface area (Å²) in [6.45, 7) is 0. The van der Waals surface area contributed by atoms with Gasteiger partial charge in [-0.05, 0) is 0 Å². The quantitative estimate of drug-likeness (QED) is 0.354. The predicted molar refractivity (Wildman–Crippen MR) is 24.1 cm³/mol. The molecule has 0 aromatic heterocycles. The van der Waals surface area contributed by atoms with Crippen LogP contribution in [0.25, 0.3) is 0 Å². The molecule has 0 aliphatic heterocycles. The fourth-order valence-corrected chi connectivity index (χ4v) is 0.351. The summed E-state index contributed by atoms with van der Waals surface area (Å²) in [6.07, 6.45) is -1.91. The summed E-state index contributed by atoms with van der Waals surface area (Å²) in [5.74, 6) is 0. The van der Waals surface area contributed by atoms with Gasteiger partial charge in [0.05, 0.1) is 0 Å². The third kappa shape index (κ3) is 5.58. The Morgan fingerprint density at radius 1 is 1.38 bits per heavy atom. The monoisotopic (exact) mass is 144 g/mol. The van der Waals surface area contributed by atoms with Crippen molar-refractivity contribution in [3.05, 3.63) is 0 Å². The second-order valence-corrected chi connectivity index (χ2v) is 2.29. The van der Waals surface area contributed by atoms with Gasteiger partial charge in [0.15, 0.2) is 0 Å². The maximum atomic E-state index is 9.35. The fourth-order valence-electron chi connectivity index (χ4n) is 0.117. The Bertz CT molecular complexity index is 91.2. The van der Waals surface area contributed by atoms with E-state index in [0.717, 1.165) is 0 Å². The van der Waals surface area contributed by atoms with Crippen molar-refractivity contribution in [2.45, 2.75) is 0 Å². The summed E-state index contributed by atoms with van der Waals surface area (Å²) in [5, 5.41) is 7.58. The number of hydrogen-bond acceptors (Lipinski definition) is 5. The first-order valence-corrected chi connectivity index (χ1v) is 3.26. The third-order valence-corrected chi connectivity index (χ3v) is 0.673. The van der Waals surface area contributed by atoms with Crippen molar-refractivity contribution in [1.29, 1.82) is 0 Å². The van der Waals surface area contributed by atoms with E-state index in [2.05, 4.69) is 4.52 Å². The number of rotatable bonds is 1. The maximum absolute atomic E-state index is 9.35. The van der Waals surface area contributed by atoms with Crippen molar-refractivity contribution < 1.29 is 29.1 Å². The first kappa shape index (κ1) is 7.58. The van der Waals surface area contributed by atoms with E-state index in [1.54, 1.807) is 0 Å². The first-order valence-electron chi connectivity index (χ1n) is 1.51. The standard InChI is InChI=1S/CH5O6P/c2-1(3)7-8(4,5)6/h4-6,8H,(H,2,3). The molecule has 8 heavy (non-hydrogen) atoms. The van der Waals surface area contributed by atoms with Gasteiger partial charge in [0, 0.05) is 0 Å². The van der Waals surface area contributed by atoms with E-state index in [-0.39, 0.29) is 0 Å². The van der Waals surface area contributed by atoms with Crippen molar-refractivity contribution in [1.82, 2.24) is 0 Å². The van der Waals surface area contributed by atoms with Gasteiger partial charge >= 0.3 is 43.4 Å². The fraction of sp³-hybridized carbons (Fsp3) is 0. The molecule has 0 saturated heterocycles. The molecule has 50 valence electrons. The molecule has 0 aliphatic carbocycles. The number of carboxylic acid groups (broad SMARTS) is 1. The van der Waals surface area contributed by atoms with Gasteiger partial charge < -0.3 is 0 Å². The van der Waals surface area contributed by atoms with Gasteiger partial charge in [-0.2, -0.15) is 0 Å². The van der Waals surface area contributed by atoms with E-state index in [1.807, 2.05) is 0 Å². The zero-order valence-corrected chi connectivity index (χ0v) is 4.61. The van der Waals surface area contributed by atoms with Gasteiger partial charge in [-0.1, -0.05) is 0 Å². The van der Waals surface area contributed by atoms with Crippen LogP contribution in [0.1, 0.15) is 0 Å². The molecule has 6 nitrogen and oxygen atoms in total. The molecule has 0 fully saturated rings. The second-order valence-electron chi connectivity index (χ2n) is 0.942. The molecular formula is CH5O6P. The number of carbonyl (C=O) groups is 1. The van der Waals surface area contributed by atoms with Crippen molar-refractivity contribution in [2.75, 3.05) is 0 Å². The van der Waals surface area contributed by atoms with Gasteiger partial charge in [-0.3, -0.25) is 0 Å². The molecule has 0 saturated carbocycles. The minimum atomic E-state index is -4.82. The molecule has 0 aromatic rings. The summed E-state index contributed by atoms with van der Waals surface area (Å²) in [6, 6.07) is 0. The Morgan fingerprint density at radius 2 is 1.75 bits per heavy atom. The summed E-state index contributed by atoms with van der Waals surface area (Å²) >= 11 is 0. The van der Waals surface area contributed by atoms with E-state index in [1.165, 1.54) is 0 Å². The van der Waals surface area contributed by atoms with Gasteiger partial charge in [0.2, 0.25) is 0 Å². The van der Waals surface area contributed by atoms with Crippen LogP contribution in [0.4, 0.5) is 4.79 Å². The van der Waals surface area contributed by atoms with Crippen molar-refractivity contribution >= 4 is 14.3 Å². The van der Waals surface area contributed by atoms with Crippen LogP contribution in [0.2, 0.25) is 0 Å². The summed E-state index contributed by atoms with van der Waals surface area (Å²) in [7, 11) is -4.82. The molecule has 0 atom stereocenters. The molecule has 0 rings (SSSR count). The molecule has 0 aromatic carbocycles. The van der Waals surface area contributed by atoms with Crippen LogP contribution in [0.5, 0.6) is 0 Å². The van der Waals surface area contributed by atoms with Crippen LogP contribution >= 0.6 is 8.17 Å². The van der Waals surface area contributed by atoms with E-state index in [9.17, 15) is 4.79 Å². The Balaban J connectivity index is 3.55. The van der Waals surface area contributed by atoms with Gasteiger partial charge in [0.1, 0.15) is 0 Å². The molecule has 4 N–H and O–H groups in total. The van der Waals surface area contributed by atoms with Crippen molar-refractivity contribution in [3.63, 3.8) is 0 Å². The minimum absolute atomic E-state index is 1.91. The summed E-state index contributed by atoms with van der Waals surface area (Å²) in [4.78, 5) is 32.9. The third-order valence-electron chi connectivity index (χ3n) is 0.224. The molecule has 0 radical (unpaired) electrons. The molecule has 7 heteroatoms. The second kappa shape index (κ2) is 2.23. The van der Waals surface area contributed by atoms with Crippen LogP contribution in [0.15, 0.2) is 0 Å². The normalized spacial score (nSPS) is 12.9. The van der Waals surface area contributed by atoms with Crippen molar-refractivity contribution in [2.24, 2.45) is 0 Å². The van der Waals surface area contributed by atoms with Crippen LogP contribution in [-0.4, -0.2) is 25.9 Å².